The molecule has 0 aliphatic carbocycles. The highest BCUT2D eigenvalue weighted by Gasteiger charge is 2.30. The standard InChI is InChI=1S/C21H39NO2/c1-3-5-7-9-11-13-15-19(14-12-10-8-6-4-2)18-22-20(23)16-17-21(22)24/h19H,3-18H2,1-2H3. The minimum absolute atomic E-state index is 0.0546. The topological polar surface area (TPSA) is 37.4 Å². The maximum Gasteiger partial charge on any atom is 0.229 e. The molecule has 1 aliphatic rings. The summed E-state index contributed by atoms with van der Waals surface area (Å²) in [6.45, 7) is 5.17. The average molecular weight is 338 g/mol. The molecule has 0 aromatic carbocycles. The van der Waals surface area contributed by atoms with Crippen LogP contribution in [-0.4, -0.2) is 23.3 Å². The number of nitrogens with zero attached hydrogens (tertiary/aromatic N) is 1. The number of rotatable bonds is 15. The van der Waals surface area contributed by atoms with Gasteiger partial charge in [0, 0.05) is 19.4 Å². The molecule has 1 fully saturated rings. The number of imide groups is 1. The third kappa shape index (κ3) is 8.84. The Morgan fingerprint density at radius 3 is 1.58 bits per heavy atom. The van der Waals surface area contributed by atoms with E-state index in [0.29, 0.717) is 25.3 Å². The largest absolute Gasteiger partial charge is 0.282 e. The zero-order valence-corrected chi connectivity index (χ0v) is 16.2. The number of carbonyl (C=O) groups excluding carboxylic acids is 2. The molecule has 140 valence electrons. The van der Waals surface area contributed by atoms with Crippen LogP contribution in [-0.2, 0) is 9.59 Å². The van der Waals surface area contributed by atoms with Crippen molar-refractivity contribution in [2.24, 2.45) is 5.92 Å². The molecule has 1 unspecified atom stereocenters. The van der Waals surface area contributed by atoms with Gasteiger partial charge in [-0.25, -0.2) is 0 Å². The SMILES string of the molecule is CCCCCCCCC(CCCCCCC)CN1C(=O)CCC1=O. The molecule has 0 saturated carbocycles. The van der Waals surface area contributed by atoms with Crippen molar-refractivity contribution in [2.45, 2.75) is 110 Å². The summed E-state index contributed by atoms with van der Waals surface area (Å²) in [6, 6.07) is 0. The van der Waals surface area contributed by atoms with E-state index in [0.717, 1.165) is 0 Å². The number of carbonyl (C=O) groups is 2. The molecule has 3 heteroatoms. The van der Waals surface area contributed by atoms with Crippen molar-refractivity contribution in [1.29, 1.82) is 0 Å². The van der Waals surface area contributed by atoms with Crippen molar-refractivity contribution in [2.75, 3.05) is 6.54 Å². The average Bonchev–Trinajstić information content (AvgIpc) is 2.89. The first-order chi connectivity index (χ1) is 11.7. The summed E-state index contributed by atoms with van der Waals surface area (Å²) < 4.78 is 0. The number of hydrogen-bond donors (Lipinski definition) is 0. The summed E-state index contributed by atoms with van der Waals surface area (Å²) in [7, 11) is 0. The molecule has 0 radical (unpaired) electrons. The normalized spacial score (nSPS) is 16.2. The van der Waals surface area contributed by atoms with Crippen LogP contribution >= 0.6 is 0 Å². The molecule has 0 aromatic heterocycles. The molecule has 1 rings (SSSR count). The number of amides is 2. The monoisotopic (exact) mass is 337 g/mol. The lowest BCUT2D eigenvalue weighted by atomic mass is 9.93. The molecule has 3 nitrogen and oxygen atoms in total. The molecule has 0 bridgehead atoms. The predicted octanol–water partition coefficient (Wildman–Crippen LogP) is 5.86. The van der Waals surface area contributed by atoms with Gasteiger partial charge in [-0.05, 0) is 18.8 Å². The van der Waals surface area contributed by atoms with Crippen LogP contribution < -0.4 is 0 Å². The van der Waals surface area contributed by atoms with Crippen molar-refractivity contribution in [3.05, 3.63) is 0 Å². The van der Waals surface area contributed by atoms with Gasteiger partial charge < -0.3 is 0 Å². The zero-order valence-electron chi connectivity index (χ0n) is 16.2. The van der Waals surface area contributed by atoms with Crippen LogP contribution in [0.2, 0.25) is 0 Å². The Morgan fingerprint density at radius 1 is 0.708 bits per heavy atom. The van der Waals surface area contributed by atoms with Crippen molar-refractivity contribution < 1.29 is 9.59 Å². The number of hydrogen-bond acceptors (Lipinski definition) is 2. The fourth-order valence-electron chi connectivity index (χ4n) is 3.66. The second-order valence-corrected chi connectivity index (χ2v) is 7.52. The fraction of sp³-hybridized carbons (Fsp3) is 0.905. The second kappa shape index (κ2) is 13.4. The number of unbranched alkanes of at least 4 members (excludes halogenated alkanes) is 9. The molecule has 24 heavy (non-hydrogen) atoms. The van der Waals surface area contributed by atoms with Crippen molar-refractivity contribution in [3.8, 4) is 0 Å². The lowest BCUT2D eigenvalue weighted by molar-refractivity contribution is -0.139. The first-order valence-electron chi connectivity index (χ1n) is 10.5. The van der Waals surface area contributed by atoms with Crippen LogP contribution in [0, 0.1) is 5.92 Å². The van der Waals surface area contributed by atoms with E-state index in [2.05, 4.69) is 13.8 Å². The molecule has 1 heterocycles. The molecule has 2 amide bonds. The molecule has 1 aliphatic heterocycles. The van der Waals surface area contributed by atoms with Crippen LogP contribution in [0.25, 0.3) is 0 Å². The van der Waals surface area contributed by atoms with Crippen LogP contribution in [0.1, 0.15) is 110 Å². The van der Waals surface area contributed by atoms with E-state index in [9.17, 15) is 9.59 Å². The minimum atomic E-state index is 0.0546. The third-order valence-corrected chi connectivity index (χ3v) is 5.28. The van der Waals surface area contributed by atoms with Gasteiger partial charge in [-0.2, -0.15) is 0 Å². The van der Waals surface area contributed by atoms with E-state index in [1.165, 1.54) is 83.5 Å². The summed E-state index contributed by atoms with van der Waals surface area (Å²) in [6.07, 6.45) is 17.5. The fourth-order valence-corrected chi connectivity index (χ4v) is 3.66. The van der Waals surface area contributed by atoms with Gasteiger partial charge >= 0.3 is 0 Å². The Hall–Kier alpha value is -0.860. The highest BCUT2D eigenvalue weighted by atomic mass is 16.2. The first-order valence-corrected chi connectivity index (χ1v) is 10.5. The smallest absolute Gasteiger partial charge is 0.229 e. The quantitative estimate of drug-likeness (QED) is 0.277. The molecule has 1 saturated heterocycles. The molecular weight excluding hydrogens is 298 g/mol. The highest BCUT2D eigenvalue weighted by molar-refractivity contribution is 6.01. The highest BCUT2D eigenvalue weighted by Crippen LogP contribution is 2.23. The van der Waals surface area contributed by atoms with Crippen LogP contribution in [0.15, 0.2) is 0 Å². The molecule has 0 N–H and O–H groups in total. The van der Waals surface area contributed by atoms with Gasteiger partial charge in [-0.15, -0.1) is 0 Å². The van der Waals surface area contributed by atoms with Crippen molar-refractivity contribution in [1.82, 2.24) is 4.90 Å². The van der Waals surface area contributed by atoms with Crippen molar-refractivity contribution in [3.63, 3.8) is 0 Å². The lowest BCUT2D eigenvalue weighted by Gasteiger charge is -2.22. The first kappa shape index (κ1) is 21.2. The van der Waals surface area contributed by atoms with Gasteiger partial charge in [-0.1, -0.05) is 84.5 Å². The molecule has 1 atom stereocenters. The van der Waals surface area contributed by atoms with Crippen molar-refractivity contribution >= 4 is 11.8 Å². The van der Waals surface area contributed by atoms with Crippen LogP contribution in [0.3, 0.4) is 0 Å². The van der Waals surface area contributed by atoms with E-state index in [1.54, 1.807) is 4.90 Å². The lowest BCUT2D eigenvalue weighted by Crippen LogP contribution is -2.34. The Kier molecular flexibility index (Phi) is 11.9. The predicted molar refractivity (Wildman–Crippen MR) is 101 cm³/mol. The van der Waals surface area contributed by atoms with Gasteiger partial charge in [0.05, 0.1) is 0 Å². The zero-order chi connectivity index (χ0) is 17.6. The second-order valence-electron chi connectivity index (χ2n) is 7.52. The minimum Gasteiger partial charge on any atom is -0.282 e. The van der Waals surface area contributed by atoms with E-state index in [-0.39, 0.29) is 11.8 Å². The van der Waals surface area contributed by atoms with Gasteiger partial charge in [0.25, 0.3) is 0 Å². The summed E-state index contributed by atoms with van der Waals surface area (Å²) in [5, 5.41) is 0. The maximum atomic E-state index is 11.9. The Balaban J connectivity index is 2.31. The van der Waals surface area contributed by atoms with E-state index >= 15 is 0 Å². The van der Waals surface area contributed by atoms with Gasteiger partial charge in [-0.3, -0.25) is 14.5 Å². The Bertz CT molecular complexity index is 338. The van der Waals surface area contributed by atoms with E-state index in [1.807, 2.05) is 0 Å². The molecule has 0 aromatic rings. The van der Waals surface area contributed by atoms with E-state index in [4.69, 9.17) is 0 Å². The number of likely N-dealkylation sites (tertiary alicyclic amines) is 1. The Labute approximate surface area is 149 Å². The summed E-state index contributed by atoms with van der Waals surface area (Å²) >= 11 is 0. The maximum absolute atomic E-state index is 11.9. The molecular formula is C21H39NO2. The van der Waals surface area contributed by atoms with Gasteiger partial charge in [0.1, 0.15) is 0 Å². The van der Waals surface area contributed by atoms with Gasteiger partial charge in [0.15, 0.2) is 0 Å². The summed E-state index contributed by atoms with van der Waals surface area (Å²) in [5.74, 6) is 0.627. The van der Waals surface area contributed by atoms with Crippen LogP contribution in [0.5, 0.6) is 0 Å². The van der Waals surface area contributed by atoms with Crippen LogP contribution in [0.4, 0.5) is 0 Å². The third-order valence-electron chi connectivity index (χ3n) is 5.28. The van der Waals surface area contributed by atoms with Gasteiger partial charge in [0.2, 0.25) is 11.8 Å². The summed E-state index contributed by atoms with van der Waals surface area (Å²) in [4.78, 5) is 25.3. The molecule has 0 spiro atoms. The summed E-state index contributed by atoms with van der Waals surface area (Å²) in [5.41, 5.74) is 0. The van der Waals surface area contributed by atoms with E-state index < -0.39 is 0 Å². The Morgan fingerprint density at radius 2 is 1.12 bits per heavy atom.